The SMILES string of the molecule is COc1cccc(C(=O)N2CCC2(C)C(=O)O)c1. The van der Waals surface area contributed by atoms with E-state index in [-0.39, 0.29) is 5.91 Å². The number of ether oxygens (including phenoxy) is 1. The molecule has 1 N–H and O–H groups in total. The smallest absolute Gasteiger partial charge is 0.329 e. The molecule has 1 aliphatic rings. The predicted molar refractivity (Wildman–Crippen MR) is 64.7 cm³/mol. The number of carboxylic acids is 1. The van der Waals surface area contributed by atoms with Crippen molar-refractivity contribution in [2.75, 3.05) is 13.7 Å². The molecule has 18 heavy (non-hydrogen) atoms. The molecule has 1 aromatic rings. The third-order valence-corrected chi connectivity index (χ3v) is 3.44. The van der Waals surface area contributed by atoms with Gasteiger partial charge in [-0.2, -0.15) is 0 Å². The van der Waals surface area contributed by atoms with E-state index in [4.69, 9.17) is 9.84 Å². The number of carbonyl (C=O) groups is 2. The number of carbonyl (C=O) groups excluding carboxylic acids is 1. The van der Waals surface area contributed by atoms with Gasteiger partial charge < -0.3 is 14.7 Å². The highest BCUT2D eigenvalue weighted by Gasteiger charge is 2.49. The summed E-state index contributed by atoms with van der Waals surface area (Å²) in [4.78, 5) is 24.8. The maximum absolute atomic E-state index is 12.2. The number of methoxy groups -OCH3 is 1. The minimum absolute atomic E-state index is 0.273. The predicted octanol–water partition coefficient (Wildman–Crippen LogP) is 1.38. The maximum Gasteiger partial charge on any atom is 0.329 e. The molecular formula is C13H15NO4. The van der Waals surface area contributed by atoms with Crippen molar-refractivity contribution >= 4 is 11.9 Å². The molecule has 5 nitrogen and oxygen atoms in total. The standard InChI is InChI=1S/C13H15NO4/c1-13(12(16)17)6-7-14(13)11(15)9-4-3-5-10(8-9)18-2/h3-5,8H,6-7H2,1-2H3,(H,16,17). The van der Waals surface area contributed by atoms with Crippen molar-refractivity contribution in [2.24, 2.45) is 0 Å². The third kappa shape index (κ3) is 1.81. The maximum atomic E-state index is 12.2. The van der Waals surface area contributed by atoms with Gasteiger partial charge in [0.25, 0.3) is 5.91 Å². The van der Waals surface area contributed by atoms with E-state index in [1.54, 1.807) is 31.2 Å². The van der Waals surface area contributed by atoms with E-state index < -0.39 is 11.5 Å². The minimum atomic E-state index is -1.08. The average molecular weight is 249 g/mol. The highest BCUT2D eigenvalue weighted by atomic mass is 16.5. The molecule has 1 heterocycles. The summed E-state index contributed by atoms with van der Waals surface area (Å²) in [6.07, 6.45) is 0.484. The Kier molecular flexibility index (Phi) is 2.98. The zero-order valence-electron chi connectivity index (χ0n) is 10.3. The first kappa shape index (κ1) is 12.4. The summed E-state index contributed by atoms with van der Waals surface area (Å²) in [6.45, 7) is 2.04. The molecule has 0 aliphatic carbocycles. The van der Waals surface area contributed by atoms with Crippen LogP contribution in [0.1, 0.15) is 23.7 Å². The second-order valence-electron chi connectivity index (χ2n) is 4.52. The van der Waals surface area contributed by atoms with E-state index in [1.807, 2.05) is 0 Å². The topological polar surface area (TPSA) is 66.8 Å². The molecule has 0 radical (unpaired) electrons. The Hall–Kier alpha value is -2.04. The van der Waals surface area contributed by atoms with E-state index in [9.17, 15) is 9.59 Å². The fourth-order valence-electron chi connectivity index (χ4n) is 2.02. The van der Waals surface area contributed by atoms with Crippen LogP contribution in [-0.4, -0.2) is 41.1 Å². The summed E-state index contributed by atoms with van der Waals surface area (Å²) in [6, 6.07) is 6.72. The Balaban J connectivity index is 2.24. The first-order valence-electron chi connectivity index (χ1n) is 5.68. The van der Waals surface area contributed by atoms with Crippen LogP contribution >= 0.6 is 0 Å². The van der Waals surface area contributed by atoms with Crippen LogP contribution in [0.4, 0.5) is 0 Å². The molecule has 1 atom stereocenters. The lowest BCUT2D eigenvalue weighted by Gasteiger charge is -2.47. The molecule has 1 saturated heterocycles. The Labute approximate surface area is 105 Å². The molecule has 0 aromatic heterocycles. The summed E-state index contributed by atoms with van der Waals surface area (Å²) in [5, 5.41) is 9.14. The number of aliphatic carboxylic acids is 1. The van der Waals surface area contributed by atoms with Gasteiger partial charge in [-0.05, 0) is 31.5 Å². The van der Waals surface area contributed by atoms with E-state index in [0.29, 0.717) is 24.3 Å². The Morgan fingerprint density at radius 1 is 1.44 bits per heavy atom. The molecule has 0 bridgehead atoms. The number of benzene rings is 1. The monoisotopic (exact) mass is 249 g/mol. The summed E-state index contributed by atoms with van der Waals surface area (Å²) < 4.78 is 5.05. The highest BCUT2D eigenvalue weighted by molar-refractivity contribution is 5.99. The third-order valence-electron chi connectivity index (χ3n) is 3.44. The summed E-state index contributed by atoms with van der Waals surface area (Å²) >= 11 is 0. The van der Waals surface area contributed by atoms with Crippen LogP contribution in [-0.2, 0) is 4.79 Å². The number of likely N-dealkylation sites (tertiary alicyclic amines) is 1. The lowest BCUT2D eigenvalue weighted by Crippen LogP contribution is -2.64. The first-order chi connectivity index (χ1) is 8.49. The number of nitrogens with zero attached hydrogens (tertiary/aromatic N) is 1. The van der Waals surface area contributed by atoms with Gasteiger partial charge in [-0.15, -0.1) is 0 Å². The fourth-order valence-corrected chi connectivity index (χ4v) is 2.02. The van der Waals surface area contributed by atoms with Gasteiger partial charge in [-0.3, -0.25) is 4.79 Å². The van der Waals surface area contributed by atoms with Crippen LogP contribution in [0.2, 0.25) is 0 Å². The molecule has 1 fully saturated rings. The Bertz CT molecular complexity index is 500. The molecule has 1 unspecified atom stereocenters. The van der Waals surface area contributed by atoms with Crippen molar-refractivity contribution in [2.45, 2.75) is 18.9 Å². The summed E-state index contributed by atoms with van der Waals surface area (Å²) in [5.74, 6) is -0.659. The lowest BCUT2D eigenvalue weighted by atomic mass is 9.86. The van der Waals surface area contributed by atoms with Gasteiger partial charge in [0.15, 0.2) is 0 Å². The van der Waals surface area contributed by atoms with Crippen molar-refractivity contribution in [1.29, 1.82) is 0 Å². The quantitative estimate of drug-likeness (QED) is 0.879. The first-order valence-corrected chi connectivity index (χ1v) is 5.68. The van der Waals surface area contributed by atoms with Crippen molar-refractivity contribution in [3.63, 3.8) is 0 Å². The molecule has 5 heteroatoms. The van der Waals surface area contributed by atoms with Crippen LogP contribution in [0.3, 0.4) is 0 Å². The van der Waals surface area contributed by atoms with Gasteiger partial charge >= 0.3 is 5.97 Å². The second-order valence-corrected chi connectivity index (χ2v) is 4.52. The van der Waals surface area contributed by atoms with Gasteiger partial charge in [-0.25, -0.2) is 4.79 Å². The number of hydrogen-bond acceptors (Lipinski definition) is 3. The molecule has 0 spiro atoms. The minimum Gasteiger partial charge on any atom is -0.497 e. The molecular weight excluding hydrogens is 234 g/mol. The van der Waals surface area contributed by atoms with Crippen molar-refractivity contribution in [1.82, 2.24) is 4.90 Å². The van der Waals surface area contributed by atoms with Crippen LogP contribution < -0.4 is 4.74 Å². The van der Waals surface area contributed by atoms with E-state index in [1.165, 1.54) is 12.0 Å². The number of hydrogen-bond donors (Lipinski definition) is 1. The van der Waals surface area contributed by atoms with Gasteiger partial charge in [0.1, 0.15) is 11.3 Å². The molecule has 0 saturated carbocycles. The average Bonchev–Trinajstić information content (AvgIpc) is 2.36. The normalized spacial score (nSPS) is 22.2. The Morgan fingerprint density at radius 3 is 2.67 bits per heavy atom. The van der Waals surface area contributed by atoms with Crippen molar-refractivity contribution < 1.29 is 19.4 Å². The fraction of sp³-hybridized carbons (Fsp3) is 0.385. The Morgan fingerprint density at radius 2 is 2.17 bits per heavy atom. The largest absolute Gasteiger partial charge is 0.497 e. The van der Waals surface area contributed by atoms with Crippen LogP contribution in [0.5, 0.6) is 5.75 Å². The van der Waals surface area contributed by atoms with E-state index in [2.05, 4.69) is 0 Å². The van der Waals surface area contributed by atoms with Crippen LogP contribution in [0, 0.1) is 0 Å². The zero-order valence-corrected chi connectivity index (χ0v) is 10.3. The molecule has 96 valence electrons. The zero-order chi connectivity index (χ0) is 13.3. The number of amides is 1. The second kappa shape index (κ2) is 4.33. The summed E-state index contributed by atoms with van der Waals surface area (Å²) in [7, 11) is 1.52. The number of rotatable bonds is 3. The molecule has 1 aliphatic heterocycles. The highest BCUT2D eigenvalue weighted by Crippen LogP contribution is 2.32. The molecule has 1 amide bonds. The van der Waals surface area contributed by atoms with Crippen molar-refractivity contribution in [3.05, 3.63) is 29.8 Å². The molecule has 1 aromatic carbocycles. The van der Waals surface area contributed by atoms with E-state index in [0.717, 1.165) is 0 Å². The van der Waals surface area contributed by atoms with Crippen molar-refractivity contribution in [3.8, 4) is 5.75 Å². The van der Waals surface area contributed by atoms with Crippen LogP contribution in [0.25, 0.3) is 0 Å². The lowest BCUT2D eigenvalue weighted by molar-refractivity contribution is -0.155. The van der Waals surface area contributed by atoms with Gasteiger partial charge in [0, 0.05) is 12.1 Å². The van der Waals surface area contributed by atoms with Gasteiger partial charge in [0.05, 0.1) is 7.11 Å². The van der Waals surface area contributed by atoms with Gasteiger partial charge in [0.2, 0.25) is 0 Å². The van der Waals surface area contributed by atoms with Gasteiger partial charge in [-0.1, -0.05) is 6.07 Å². The number of carboxylic acid groups (broad SMARTS) is 1. The summed E-state index contributed by atoms with van der Waals surface area (Å²) in [5.41, 5.74) is -0.637. The van der Waals surface area contributed by atoms with Crippen LogP contribution in [0.15, 0.2) is 24.3 Å². The van der Waals surface area contributed by atoms with E-state index >= 15 is 0 Å². The molecule has 2 rings (SSSR count).